The molecule has 0 aliphatic heterocycles. The monoisotopic (exact) mass is 474 g/mol. The minimum Gasteiger partial charge on any atom is -0.481 e. The molecule has 3 aromatic rings. The summed E-state index contributed by atoms with van der Waals surface area (Å²) in [5, 5.41) is 22.2. The van der Waals surface area contributed by atoms with E-state index in [-0.39, 0.29) is 30.1 Å². The van der Waals surface area contributed by atoms with Crippen molar-refractivity contribution in [2.45, 2.75) is 49.5 Å². The minimum atomic E-state index is -0.959. The summed E-state index contributed by atoms with van der Waals surface area (Å²) in [7, 11) is 0. The number of carbonyl (C=O) groups is 1. The maximum Gasteiger partial charge on any atom is 0.303 e. The van der Waals surface area contributed by atoms with Gasteiger partial charge < -0.3 is 10.2 Å². The number of halogens is 3. The average molecular weight is 475 g/mol. The number of aliphatic hydroxyl groups excluding tert-OH is 1. The quantitative estimate of drug-likeness (QED) is 0.392. The van der Waals surface area contributed by atoms with E-state index >= 15 is 0 Å². The van der Waals surface area contributed by atoms with E-state index < -0.39 is 17.9 Å². The third kappa shape index (κ3) is 4.78. The van der Waals surface area contributed by atoms with Crippen LogP contribution in [-0.4, -0.2) is 27.7 Å². The molecule has 0 aromatic heterocycles. The molecule has 6 heteroatoms. The molecule has 0 saturated heterocycles. The number of hydrogen-bond acceptors (Lipinski definition) is 2. The molecule has 3 aromatic carbocycles. The van der Waals surface area contributed by atoms with Crippen LogP contribution in [0.5, 0.6) is 0 Å². The molecule has 32 heavy (non-hydrogen) atoms. The molecule has 0 bridgehead atoms. The number of aliphatic hydroxyl groups is 1. The Kier molecular flexibility index (Phi) is 7.04. The van der Waals surface area contributed by atoms with E-state index in [1.165, 1.54) is 11.6 Å². The molecule has 1 aliphatic carbocycles. The highest BCUT2D eigenvalue weighted by molar-refractivity contribution is 6.35. The number of benzene rings is 3. The fourth-order valence-corrected chi connectivity index (χ4v) is 5.67. The van der Waals surface area contributed by atoms with Crippen molar-refractivity contribution in [2.75, 3.05) is 0 Å². The zero-order chi connectivity index (χ0) is 22.8. The first-order valence-electron chi connectivity index (χ1n) is 10.8. The normalized spacial score (nSPS) is 23.0. The Morgan fingerprint density at radius 1 is 1.03 bits per heavy atom. The molecule has 1 saturated carbocycles. The topological polar surface area (TPSA) is 57.5 Å². The summed E-state index contributed by atoms with van der Waals surface area (Å²) in [5.74, 6) is -1.67. The highest BCUT2D eigenvalue weighted by Gasteiger charge is 2.42. The van der Waals surface area contributed by atoms with E-state index in [1.54, 1.807) is 12.1 Å². The van der Waals surface area contributed by atoms with Crippen LogP contribution in [0, 0.1) is 11.7 Å². The summed E-state index contributed by atoms with van der Waals surface area (Å²) >= 11 is 13.0. The van der Waals surface area contributed by atoms with Gasteiger partial charge in [-0.05, 0) is 65.8 Å². The van der Waals surface area contributed by atoms with Crippen molar-refractivity contribution in [3.8, 4) is 0 Å². The standard InChI is InChI=1S/C26H25Cl2FO3/c27-21-11-8-15(18-3-1-2-4-19(18)21)7-10-20-22(28)14-24(30)26(20)17-6-5-16(23(29)13-17)9-12-25(31)32/h1-6,8,11,13,20,22,24,26,30H,7,9-10,12,14H2,(H,31,32)/t20-,22?,24?,26+/m0/s1. The Morgan fingerprint density at radius 3 is 2.47 bits per heavy atom. The molecule has 2 N–H and O–H groups in total. The average Bonchev–Trinajstić information content (AvgIpc) is 3.05. The van der Waals surface area contributed by atoms with Crippen molar-refractivity contribution in [2.24, 2.45) is 5.92 Å². The fraction of sp³-hybridized carbons (Fsp3) is 0.346. The number of carboxylic acid groups (broad SMARTS) is 1. The van der Waals surface area contributed by atoms with E-state index in [4.69, 9.17) is 28.3 Å². The lowest BCUT2D eigenvalue weighted by molar-refractivity contribution is -0.136. The van der Waals surface area contributed by atoms with E-state index in [2.05, 4.69) is 6.07 Å². The number of aryl methyl sites for hydroxylation is 2. The highest BCUT2D eigenvalue weighted by Crippen LogP contribution is 2.45. The van der Waals surface area contributed by atoms with Crippen molar-refractivity contribution in [1.82, 2.24) is 0 Å². The van der Waals surface area contributed by atoms with Gasteiger partial charge in [0.2, 0.25) is 0 Å². The van der Waals surface area contributed by atoms with Gasteiger partial charge in [0.15, 0.2) is 0 Å². The second-order valence-electron chi connectivity index (χ2n) is 8.54. The Morgan fingerprint density at radius 2 is 1.75 bits per heavy atom. The van der Waals surface area contributed by atoms with Crippen LogP contribution in [0.4, 0.5) is 4.39 Å². The van der Waals surface area contributed by atoms with E-state index in [0.29, 0.717) is 22.6 Å². The second-order valence-corrected chi connectivity index (χ2v) is 9.51. The summed E-state index contributed by atoms with van der Waals surface area (Å²) in [5.41, 5.74) is 2.25. The van der Waals surface area contributed by atoms with Crippen LogP contribution in [0.3, 0.4) is 0 Å². The molecule has 4 atom stereocenters. The van der Waals surface area contributed by atoms with E-state index in [1.807, 2.05) is 30.3 Å². The molecule has 0 heterocycles. The Labute approximate surface area is 196 Å². The zero-order valence-electron chi connectivity index (χ0n) is 17.5. The number of hydrogen-bond donors (Lipinski definition) is 2. The number of carboxylic acids is 1. The number of alkyl halides is 1. The van der Waals surface area contributed by atoms with Crippen LogP contribution in [0.2, 0.25) is 5.02 Å². The van der Waals surface area contributed by atoms with Gasteiger partial charge in [-0.3, -0.25) is 4.79 Å². The molecule has 1 aliphatic rings. The highest BCUT2D eigenvalue weighted by atomic mass is 35.5. The lowest BCUT2D eigenvalue weighted by Gasteiger charge is -2.25. The van der Waals surface area contributed by atoms with Gasteiger partial charge in [0.25, 0.3) is 0 Å². The summed E-state index contributed by atoms with van der Waals surface area (Å²) in [4.78, 5) is 10.8. The van der Waals surface area contributed by atoms with Crippen LogP contribution < -0.4 is 0 Å². The molecule has 3 nitrogen and oxygen atoms in total. The first-order valence-corrected chi connectivity index (χ1v) is 11.6. The van der Waals surface area contributed by atoms with Crippen molar-refractivity contribution in [3.63, 3.8) is 0 Å². The van der Waals surface area contributed by atoms with E-state index in [0.717, 1.165) is 23.6 Å². The summed E-state index contributed by atoms with van der Waals surface area (Å²) in [6.45, 7) is 0. The lowest BCUT2D eigenvalue weighted by atomic mass is 9.83. The molecule has 0 spiro atoms. The van der Waals surface area contributed by atoms with Gasteiger partial charge >= 0.3 is 5.97 Å². The Balaban J connectivity index is 1.56. The van der Waals surface area contributed by atoms with Crippen molar-refractivity contribution >= 4 is 39.9 Å². The van der Waals surface area contributed by atoms with Gasteiger partial charge in [0, 0.05) is 28.1 Å². The molecule has 0 amide bonds. The maximum absolute atomic E-state index is 14.6. The number of rotatable bonds is 7. The smallest absolute Gasteiger partial charge is 0.303 e. The first-order chi connectivity index (χ1) is 15.3. The minimum absolute atomic E-state index is 0.00891. The second kappa shape index (κ2) is 9.78. The molecule has 168 valence electrons. The molecule has 1 fully saturated rings. The Hall–Kier alpha value is -2.14. The Bertz CT molecular complexity index is 1130. The van der Waals surface area contributed by atoms with Crippen LogP contribution in [0.15, 0.2) is 54.6 Å². The van der Waals surface area contributed by atoms with Crippen molar-refractivity contribution < 1.29 is 19.4 Å². The van der Waals surface area contributed by atoms with Crippen LogP contribution >= 0.6 is 23.2 Å². The van der Waals surface area contributed by atoms with Gasteiger partial charge in [-0.15, -0.1) is 11.6 Å². The van der Waals surface area contributed by atoms with Gasteiger partial charge in [-0.25, -0.2) is 4.39 Å². The molecule has 0 radical (unpaired) electrons. The number of fused-ring (bicyclic) bond motifs is 1. The summed E-state index contributed by atoms with van der Waals surface area (Å²) in [6.07, 6.45) is 1.36. The zero-order valence-corrected chi connectivity index (χ0v) is 19.0. The van der Waals surface area contributed by atoms with Crippen LogP contribution in [-0.2, 0) is 17.6 Å². The van der Waals surface area contributed by atoms with Gasteiger partial charge in [-0.1, -0.05) is 54.1 Å². The number of aliphatic carboxylic acids is 1. The van der Waals surface area contributed by atoms with Crippen molar-refractivity contribution in [1.29, 1.82) is 0 Å². The third-order valence-corrected chi connectivity index (χ3v) is 7.42. The third-order valence-electron chi connectivity index (χ3n) is 6.59. The molecular weight excluding hydrogens is 450 g/mol. The molecule has 2 unspecified atom stereocenters. The maximum atomic E-state index is 14.6. The van der Waals surface area contributed by atoms with Gasteiger partial charge in [0.05, 0.1) is 6.10 Å². The molecule has 4 rings (SSSR count). The van der Waals surface area contributed by atoms with Gasteiger partial charge in [0.1, 0.15) is 5.82 Å². The first kappa shape index (κ1) is 23.0. The predicted molar refractivity (Wildman–Crippen MR) is 126 cm³/mol. The van der Waals surface area contributed by atoms with Crippen LogP contribution in [0.1, 0.15) is 41.9 Å². The summed E-state index contributed by atoms with van der Waals surface area (Å²) in [6, 6.07) is 16.8. The lowest BCUT2D eigenvalue weighted by Crippen LogP contribution is -2.20. The SMILES string of the molecule is O=C(O)CCc1ccc([C@H]2C(O)CC(Cl)[C@@H]2CCc2ccc(Cl)c3ccccc23)cc1F. The summed E-state index contributed by atoms with van der Waals surface area (Å²) < 4.78 is 14.6. The van der Waals surface area contributed by atoms with E-state index in [9.17, 15) is 14.3 Å². The fourth-order valence-electron chi connectivity index (χ4n) is 4.97. The molecular formula is C26H25Cl2FO3. The van der Waals surface area contributed by atoms with Crippen LogP contribution in [0.25, 0.3) is 10.8 Å². The predicted octanol–water partition coefficient (Wildman–Crippen LogP) is 6.35. The van der Waals surface area contributed by atoms with Gasteiger partial charge in [-0.2, -0.15) is 0 Å². The largest absolute Gasteiger partial charge is 0.481 e. The van der Waals surface area contributed by atoms with Crippen molar-refractivity contribution in [3.05, 3.63) is 82.1 Å².